The molecule has 0 unspecified atom stereocenters. The first kappa shape index (κ1) is 22.0. The van der Waals surface area contributed by atoms with Crippen molar-refractivity contribution in [2.45, 2.75) is 46.0 Å². The molecule has 1 aliphatic rings. The van der Waals surface area contributed by atoms with Gasteiger partial charge in [0.1, 0.15) is 0 Å². The van der Waals surface area contributed by atoms with Gasteiger partial charge < -0.3 is 30.5 Å². The summed E-state index contributed by atoms with van der Waals surface area (Å²) >= 11 is 0.557. The van der Waals surface area contributed by atoms with Crippen LogP contribution in [0.1, 0.15) is 20.3 Å². The first-order valence-corrected chi connectivity index (χ1v) is 11.3. The van der Waals surface area contributed by atoms with E-state index in [1.807, 2.05) is 13.8 Å². The zero-order valence-electron chi connectivity index (χ0n) is 10.7. The summed E-state index contributed by atoms with van der Waals surface area (Å²) in [6.07, 6.45) is 7.30. The first-order chi connectivity index (χ1) is 6.31. The Kier molecular flexibility index (Phi) is 15.1. The van der Waals surface area contributed by atoms with Gasteiger partial charge in [0.15, 0.2) is 0 Å². The summed E-state index contributed by atoms with van der Waals surface area (Å²) in [5.41, 5.74) is 6.58. The number of rotatable bonds is 2. The van der Waals surface area contributed by atoms with Gasteiger partial charge >= 0.3 is 70.6 Å². The van der Waals surface area contributed by atoms with E-state index in [-0.39, 0.29) is 30.9 Å². The van der Waals surface area contributed by atoms with Crippen LogP contribution in [0.25, 0.3) is 5.73 Å². The predicted molar refractivity (Wildman–Crippen MR) is 64.6 cm³/mol. The van der Waals surface area contributed by atoms with Gasteiger partial charge in [-0.1, -0.05) is 13.8 Å². The smallest absolute Gasteiger partial charge is 1.00 e. The van der Waals surface area contributed by atoms with Gasteiger partial charge in [-0.3, -0.25) is 0 Å². The molecule has 0 saturated heterocycles. The van der Waals surface area contributed by atoms with Crippen LogP contribution < -0.4 is 24.8 Å². The summed E-state index contributed by atoms with van der Waals surface area (Å²) in [6, 6.07) is 0.0833. The minimum Gasteiger partial charge on any atom is -1.00 e. The molecule has 1 aliphatic carbocycles. The molecule has 1 nitrogen and oxygen atoms in total. The molecule has 1 N–H and O–H groups in total. The number of hydrogen-bond donors (Lipinski definition) is 0. The van der Waals surface area contributed by atoms with E-state index in [0.717, 1.165) is 0 Å². The molecule has 0 amide bonds. The molecule has 0 aliphatic heterocycles. The maximum atomic E-state index is 6.58. The van der Waals surface area contributed by atoms with Crippen LogP contribution in [0.5, 0.6) is 0 Å². The fourth-order valence-electron chi connectivity index (χ4n) is 0.950. The predicted octanol–water partition coefficient (Wildman–Crippen LogP) is -1.80. The average Bonchev–Trinajstić information content (AvgIpc) is 2.33. The van der Waals surface area contributed by atoms with Gasteiger partial charge in [-0.2, -0.15) is 0 Å². The standard InChI is InChI=1S/C5H5.C3H8N.C3H9Si.2ClH.V/c1-2-4-5-3-1;1-3(2)4;1-4(2)3;;;/h1-3H,4H2;3-4H,1-2H3;1-3H3;2*1H;/q;-1;;;;+3/p-2. The normalized spacial score (nSPS) is 12.8. The Morgan fingerprint density at radius 3 is 1.94 bits per heavy atom. The number of nitrogens with one attached hydrogen (secondary N) is 1. The monoisotopic (exact) mass is 317 g/mol. The number of allylic oxidation sites excluding steroid dienone is 4. The number of hydrogen-bond acceptors (Lipinski definition) is 0. The molecule has 0 aromatic carbocycles. The van der Waals surface area contributed by atoms with Crippen LogP contribution in [-0.2, 0) is 15.6 Å². The summed E-state index contributed by atoms with van der Waals surface area (Å²) in [6.45, 7) is 11.1. The van der Waals surface area contributed by atoms with Gasteiger partial charge in [0.25, 0.3) is 0 Å². The third kappa shape index (κ3) is 17.2. The molecule has 94 valence electrons. The van der Waals surface area contributed by atoms with Crippen molar-refractivity contribution in [2.75, 3.05) is 0 Å². The molecule has 0 bridgehead atoms. The quantitative estimate of drug-likeness (QED) is 0.537. The van der Waals surface area contributed by atoms with E-state index in [4.69, 9.17) is 5.73 Å². The van der Waals surface area contributed by atoms with Crippen LogP contribution in [0.4, 0.5) is 0 Å². The summed E-state index contributed by atoms with van der Waals surface area (Å²) in [7, 11) is 0. The van der Waals surface area contributed by atoms with E-state index >= 15 is 0 Å². The van der Waals surface area contributed by atoms with E-state index in [1.54, 1.807) is 4.28 Å². The molecule has 16 heavy (non-hydrogen) atoms. The number of halogens is 2. The summed E-state index contributed by atoms with van der Waals surface area (Å²) in [5, 5.41) is 0. The van der Waals surface area contributed by atoms with Gasteiger partial charge in [0, 0.05) is 0 Å². The molecule has 0 fully saturated rings. The van der Waals surface area contributed by atoms with Gasteiger partial charge in [0.2, 0.25) is 0 Å². The SMILES string of the molecule is CC(C)[NH-].C[Si](C)(C)[V+3][C]1=CC=CC1.[Cl-].[Cl-]. The molecule has 0 atom stereocenters. The Morgan fingerprint density at radius 2 is 1.69 bits per heavy atom. The summed E-state index contributed by atoms with van der Waals surface area (Å²) < 4.78 is 1.73. The van der Waals surface area contributed by atoms with E-state index in [2.05, 4.69) is 37.9 Å². The summed E-state index contributed by atoms with van der Waals surface area (Å²) in [5.74, 6) is 0. The Hall–Kier alpha value is 0.821. The third-order valence-electron chi connectivity index (χ3n) is 1.23. The molecule has 0 radical (unpaired) electrons. The largest absolute Gasteiger partial charge is 1.00 e. The van der Waals surface area contributed by atoms with E-state index in [1.165, 1.54) is 6.42 Å². The van der Waals surface area contributed by atoms with E-state index < -0.39 is 6.45 Å². The van der Waals surface area contributed by atoms with Crippen molar-refractivity contribution in [2.24, 2.45) is 0 Å². The Morgan fingerprint density at radius 1 is 1.25 bits per heavy atom. The summed E-state index contributed by atoms with van der Waals surface area (Å²) in [4.78, 5) is 0. The minimum atomic E-state index is -0.737. The molecule has 0 spiro atoms. The molecular weight excluding hydrogens is 296 g/mol. The molecule has 5 heteroatoms. The van der Waals surface area contributed by atoms with Crippen molar-refractivity contribution in [3.05, 3.63) is 28.2 Å². The second-order valence-corrected chi connectivity index (χ2v) is 17.5. The van der Waals surface area contributed by atoms with Crippen molar-refractivity contribution in [3.63, 3.8) is 0 Å². The van der Waals surface area contributed by atoms with Gasteiger partial charge in [-0.15, -0.1) is 6.04 Å². The van der Waals surface area contributed by atoms with Crippen LogP contribution in [0.15, 0.2) is 22.5 Å². The van der Waals surface area contributed by atoms with Gasteiger partial charge in [0.05, 0.1) is 0 Å². The Bertz CT molecular complexity index is 220. The van der Waals surface area contributed by atoms with Crippen LogP contribution >= 0.6 is 0 Å². The minimum absolute atomic E-state index is 0. The van der Waals surface area contributed by atoms with Crippen LogP contribution in [0.3, 0.4) is 0 Å². The van der Waals surface area contributed by atoms with Gasteiger partial charge in [-0.05, 0) is 0 Å². The molecule has 1 rings (SSSR count). The van der Waals surface area contributed by atoms with Crippen LogP contribution in [0.2, 0.25) is 19.6 Å². The van der Waals surface area contributed by atoms with Gasteiger partial charge in [-0.25, -0.2) is 0 Å². The maximum Gasteiger partial charge on any atom is -1.00 e. The Labute approximate surface area is 121 Å². The topological polar surface area (TPSA) is 23.8 Å². The van der Waals surface area contributed by atoms with Crippen LogP contribution in [0, 0.1) is 0 Å². The van der Waals surface area contributed by atoms with E-state index in [0.29, 0.717) is 15.6 Å². The van der Waals surface area contributed by atoms with Crippen molar-refractivity contribution in [1.29, 1.82) is 0 Å². The molecule has 0 saturated carbocycles. The zero-order chi connectivity index (χ0) is 11.2. The molecule has 0 heterocycles. The van der Waals surface area contributed by atoms with Crippen molar-refractivity contribution in [3.8, 4) is 0 Å². The zero-order valence-corrected chi connectivity index (χ0v) is 14.6. The van der Waals surface area contributed by atoms with Crippen molar-refractivity contribution >= 4 is 6.45 Å². The van der Waals surface area contributed by atoms with Crippen molar-refractivity contribution in [1.82, 2.24) is 0 Å². The molecule has 0 aromatic heterocycles. The molecule has 0 aromatic rings. The maximum absolute atomic E-state index is 6.58. The fraction of sp³-hybridized carbons (Fsp3) is 0.636. The average molecular weight is 318 g/mol. The fourth-order valence-corrected chi connectivity index (χ4v) is 7.09. The van der Waals surface area contributed by atoms with Crippen LogP contribution in [-0.4, -0.2) is 12.5 Å². The first-order valence-electron chi connectivity index (χ1n) is 5.11. The Balaban J connectivity index is -0.000000249. The molecular formula is C11H22Cl2NSiV. The second kappa shape index (κ2) is 10.9. The van der Waals surface area contributed by atoms with Crippen molar-refractivity contribution < 1.29 is 40.4 Å². The second-order valence-electron chi connectivity index (χ2n) is 4.73. The third-order valence-corrected chi connectivity index (χ3v) is 7.19. The van der Waals surface area contributed by atoms with E-state index in [9.17, 15) is 0 Å².